The topological polar surface area (TPSA) is 68.1 Å². The first-order valence-corrected chi connectivity index (χ1v) is 5.62. The first-order valence-electron chi connectivity index (χ1n) is 5.62. The predicted octanol–water partition coefficient (Wildman–Crippen LogP) is 3.15. The van der Waals surface area contributed by atoms with Gasteiger partial charge in [0.25, 0.3) is 0 Å². The molecule has 1 N–H and O–H groups in total. The Morgan fingerprint density at radius 3 is 3.12 bits per heavy atom. The van der Waals surface area contributed by atoms with Crippen LogP contribution in [0.1, 0.15) is 26.2 Å². The van der Waals surface area contributed by atoms with Crippen molar-refractivity contribution in [3.63, 3.8) is 0 Å². The average molecular weight is 235 g/mol. The largest absolute Gasteiger partial charge is 0.362 e. The Morgan fingerprint density at radius 1 is 1.71 bits per heavy atom. The molecule has 92 valence electrons. The highest BCUT2D eigenvalue weighted by Gasteiger charge is 2.15. The van der Waals surface area contributed by atoms with Crippen LogP contribution in [0, 0.1) is 10.1 Å². The standard InChI is InChI=1S/C12H17N3O2/c1-3-4-5-7-10(2)14-12-11(15(16)17)8-6-9-13-12/h3,6,8-10H,1,4-5,7H2,2H3,(H,13,14). The zero-order chi connectivity index (χ0) is 12.7. The molecule has 0 amide bonds. The minimum Gasteiger partial charge on any atom is -0.362 e. The van der Waals surface area contributed by atoms with Crippen molar-refractivity contribution in [1.82, 2.24) is 4.98 Å². The number of hydrogen-bond donors (Lipinski definition) is 1. The lowest BCUT2D eigenvalue weighted by Crippen LogP contribution is -2.16. The maximum atomic E-state index is 10.8. The number of pyridine rings is 1. The Hall–Kier alpha value is -1.91. The van der Waals surface area contributed by atoms with Gasteiger partial charge >= 0.3 is 5.69 Å². The van der Waals surface area contributed by atoms with Gasteiger partial charge in [0.05, 0.1) is 4.92 Å². The Balaban J connectivity index is 2.61. The van der Waals surface area contributed by atoms with Crippen molar-refractivity contribution in [3.05, 3.63) is 41.1 Å². The molecule has 0 spiro atoms. The third kappa shape index (κ3) is 4.22. The monoisotopic (exact) mass is 235 g/mol. The molecule has 0 saturated carbocycles. The molecule has 17 heavy (non-hydrogen) atoms. The van der Waals surface area contributed by atoms with Gasteiger partial charge in [0.15, 0.2) is 0 Å². The third-order valence-corrected chi connectivity index (χ3v) is 2.41. The average Bonchev–Trinajstić information content (AvgIpc) is 2.29. The van der Waals surface area contributed by atoms with E-state index >= 15 is 0 Å². The highest BCUT2D eigenvalue weighted by molar-refractivity contribution is 5.55. The van der Waals surface area contributed by atoms with Crippen LogP contribution >= 0.6 is 0 Å². The fourth-order valence-corrected chi connectivity index (χ4v) is 1.53. The first-order chi connectivity index (χ1) is 8.15. The quantitative estimate of drug-likeness (QED) is 0.341. The molecule has 0 saturated heterocycles. The van der Waals surface area contributed by atoms with Crippen molar-refractivity contribution >= 4 is 11.5 Å². The van der Waals surface area contributed by atoms with Crippen LogP contribution in [0.25, 0.3) is 0 Å². The Kier molecular flexibility index (Phi) is 5.13. The van der Waals surface area contributed by atoms with Gasteiger partial charge < -0.3 is 5.32 Å². The van der Waals surface area contributed by atoms with E-state index in [9.17, 15) is 10.1 Å². The molecule has 5 heteroatoms. The van der Waals surface area contributed by atoms with E-state index in [-0.39, 0.29) is 11.7 Å². The SMILES string of the molecule is C=CCCCC(C)Nc1ncccc1[N+](=O)[O-]. The maximum Gasteiger partial charge on any atom is 0.311 e. The van der Waals surface area contributed by atoms with Crippen molar-refractivity contribution < 1.29 is 4.92 Å². The molecule has 0 radical (unpaired) electrons. The van der Waals surface area contributed by atoms with Gasteiger partial charge in [-0.3, -0.25) is 10.1 Å². The number of unbranched alkanes of at least 4 members (excludes halogenated alkanes) is 1. The van der Waals surface area contributed by atoms with Crippen molar-refractivity contribution in [2.24, 2.45) is 0 Å². The highest BCUT2D eigenvalue weighted by atomic mass is 16.6. The highest BCUT2D eigenvalue weighted by Crippen LogP contribution is 2.21. The van der Waals surface area contributed by atoms with Gasteiger partial charge in [0.1, 0.15) is 0 Å². The molecule has 0 bridgehead atoms. The van der Waals surface area contributed by atoms with E-state index in [1.165, 1.54) is 6.07 Å². The van der Waals surface area contributed by atoms with Crippen molar-refractivity contribution in [2.45, 2.75) is 32.2 Å². The summed E-state index contributed by atoms with van der Waals surface area (Å²) in [6.45, 7) is 5.64. The molecule has 0 aliphatic heterocycles. The normalized spacial score (nSPS) is 11.8. The summed E-state index contributed by atoms with van der Waals surface area (Å²) in [6, 6.07) is 3.17. The molecule has 0 aromatic carbocycles. The number of aromatic nitrogens is 1. The van der Waals surface area contributed by atoms with E-state index < -0.39 is 4.92 Å². The summed E-state index contributed by atoms with van der Waals surface area (Å²) in [5, 5.41) is 13.8. The van der Waals surface area contributed by atoms with Crippen LogP contribution < -0.4 is 5.32 Å². The van der Waals surface area contributed by atoms with Crippen molar-refractivity contribution in [2.75, 3.05) is 5.32 Å². The van der Waals surface area contributed by atoms with E-state index in [1.54, 1.807) is 12.3 Å². The van der Waals surface area contributed by atoms with Gasteiger partial charge in [0, 0.05) is 18.3 Å². The number of anilines is 1. The number of allylic oxidation sites excluding steroid dienone is 1. The first kappa shape index (κ1) is 13.2. The number of hydrogen-bond acceptors (Lipinski definition) is 4. The maximum absolute atomic E-state index is 10.8. The molecule has 1 heterocycles. The Morgan fingerprint density at radius 2 is 2.47 bits per heavy atom. The summed E-state index contributed by atoms with van der Waals surface area (Å²) in [5.41, 5.74) is 0.0167. The van der Waals surface area contributed by atoms with Crippen LogP contribution in [-0.2, 0) is 0 Å². The fraction of sp³-hybridized carbons (Fsp3) is 0.417. The summed E-state index contributed by atoms with van der Waals surface area (Å²) < 4.78 is 0. The van der Waals surface area contributed by atoms with Crippen LogP contribution in [-0.4, -0.2) is 15.9 Å². The van der Waals surface area contributed by atoms with E-state index in [0.717, 1.165) is 19.3 Å². The number of nitro groups is 1. The molecule has 5 nitrogen and oxygen atoms in total. The molecule has 1 atom stereocenters. The van der Waals surface area contributed by atoms with Crippen molar-refractivity contribution in [3.8, 4) is 0 Å². The van der Waals surface area contributed by atoms with Gasteiger partial charge in [-0.25, -0.2) is 4.98 Å². The molecular weight excluding hydrogens is 218 g/mol. The summed E-state index contributed by atoms with van der Waals surface area (Å²) in [6.07, 6.45) is 6.32. The third-order valence-electron chi connectivity index (χ3n) is 2.41. The van der Waals surface area contributed by atoms with Crippen LogP contribution in [0.5, 0.6) is 0 Å². The van der Waals surface area contributed by atoms with Crippen LogP contribution in [0.4, 0.5) is 11.5 Å². The van der Waals surface area contributed by atoms with Gasteiger partial charge in [-0.2, -0.15) is 0 Å². The van der Waals surface area contributed by atoms with Gasteiger partial charge in [-0.1, -0.05) is 6.08 Å². The Bertz CT molecular complexity index is 393. The lowest BCUT2D eigenvalue weighted by atomic mass is 10.1. The molecule has 1 rings (SSSR count). The van der Waals surface area contributed by atoms with E-state index in [1.807, 2.05) is 13.0 Å². The van der Waals surface area contributed by atoms with Gasteiger partial charge in [-0.05, 0) is 32.3 Å². The zero-order valence-electron chi connectivity index (χ0n) is 9.93. The molecule has 0 fully saturated rings. The number of rotatable bonds is 7. The van der Waals surface area contributed by atoms with Gasteiger partial charge in [0.2, 0.25) is 5.82 Å². The molecule has 0 aliphatic rings. The molecule has 0 aliphatic carbocycles. The summed E-state index contributed by atoms with van der Waals surface area (Å²) in [5.74, 6) is 0.337. The molecule has 1 aromatic rings. The molecular formula is C12H17N3O2. The number of nitrogens with one attached hydrogen (secondary N) is 1. The van der Waals surface area contributed by atoms with Crippen LogP contribution in [0.15, 0.2) is 31.0 Å². The smallest absolute Gasteiger partial charge is 0.311 e. The Labute approximate surface area is 101 Å². The van der Waals surface area contributed by atoms with E-state index in [0.29, 0.717) is 5.82 Å². The molecule has 1 aromatic heterocycles. The minimum absolute atomic E-state index is 0.0167. The lowest BCUT2D eigenvalue weighted by molar-refractivity contribution is -0.384. The van der Waals surface area contributed by atoms with E-state index in [2.05, 4.69) is 16.9 Å². The van der Waals surface area contributed by atoms with Crippen LogP contribution in [0.3, 0.4) is 0 Å². The van der Waals surface area contributed by atoms with Crippen molar-refractivity contribution in [1.29, 1.82) is 0 Å². The van der Waals surface area contributed by atoms with Crippen LogP contribution in [0.2, 0.25) is 0 Å². The summed E-state index contributed by atoms with van der Waals surface area (Å²) in [4.78, 5) is 14.3. The van der Waals surface area contributed by atoms with E-state index in [4.69, 9.17) is 0 Å². The van der Waals surface area contributed by atoms with Gasteiger partial charge in [-0.15, -0.1) is 6.58 Å². The fourth-order valence-electron chi connectivity index (χ4n) is 1.53. The zero-order valence-corrected chi connectivity index (χ0v) is 9.93. The number of nitrogens with zero attached hydrogens (tertiary/aromatic N) is 2. The second-order valence-electron chi connectivity index (χ2n) is 3.89. The second kappa shape index (κ2) is 6.62. The predicted molar refractivity (Wildman–Crippen MR) is 68.0 cm³/mol. The second-order valence-corrected chi connectivity index (χ2v) is 3.89. The summed E-state index contributed by atoms with van der Waals surface area (Å²) >= 11 is 0. The minimum atomic E-state index is -0.425. The molecule has 1 unspecified atom stereocenters. The lowest BCUT2D eigenvalue weighted by Gasteiger charge is -2.13. The summed E-state index contributed by atoms with van der Waals surface area (Å²) in [7, 11) is 0.